The Morgan fingerprint density at radius 2 is 1.33 bits per heavy atom. The van der Waals surface area contributed by atoms with E-state index in [0.29, 0.717) is 17.1 Å². The highest BCUT2D eigenvalue weighted by Crippen LogP contribution is 2.32. The third kappa shape index (κ3) is 3.08. The number of hydrogen-bond acceptors (Lipinski definition) is 4. The van der Waals surface area contributed by atoms with Crippen molar-refractivity contribution in [3.05, 3.63) is 53.3 Å². The van der Waals surface area contributed by atoms with Gasteiger partial charge in [-0.05, 0) is 35.4 Å². The van der Waals surface area contributed by atoms with Crippen LogP contribution in [0.4, 0.5) is 4.39 Å². The van der Waals surface area contributed by atoms with E-state index in [-0.39, 0.29) is 5.75 Å². The van der Waals surface area contributed by atoms with Crippen molar-refractivity contribution in [2.75, 3.05) is 21.3 Å². The lowest BCUT2D eigenvalue weighted by Crippen LogP contribution is -2.12. The minimum atomic E-state index is -0.467. The predicted molar refractivity (Wildman–Crippen MR) is 78.5 cm³/mol. The van der Waals surface area contributed by atoms with E-state index in [1.165, 1.54) is 13.2 Å². The van der Waals surface area contributed by atoms with E-state index in [2.05, 4.69) is 0 Å². The van der Waals surface area contributed by atoms with Crippen LogP contribution < -0.4 is 19.9 Å². The number of ether oxygens (including phenoxy) is 3. The van der Waals surface area contributed by atoms with Gasteiger partial charge in [0.2, 0.25) is 0 Å². The molecule has 2 aromatic carbocycles. The van der Waals surface area contributed by atoms with Crippen LogP contribution in [0.15, 0.2) is 36.4 Å². The molecule has 0 amide bonds. The molecule has 5 heteroatoms. The second-order valence-corrected chi connectivity index (χ2v) is 4.49. The zero-order valence-electron chi connectivity index (χ0n) is 12.2. The van der Waals surface area contributed by atoms with Gasteiger partial charge in [-0.1, -0.05) is 12.1 Å². The number of halogens is 1. The summed E-state index contributed by atoms with van der Waals surface area (Å²) in [6.07, 6.45) is 0. The Morgan fingerprint density at radius 1 is 0.810 bits per heavy atom. The second-order valence-electron chi connectivity index (χ2n) is 4.49. The van der Waals surface area contributed by atoms with E-state index in [4.69, 9.17) is 19.9 Å². The van der Waals surface area contributed by atoms with Gasteiger partial charge in [-0.3, -0.25) is 0 Å². The Kier molecular flexibility index (Phi) is 4.65. The van der Waals surface area contributed by atoms with Crippen LogP contribution in [0.25, 0.3) is 0 Å². The Bertz CT molecular complexity index is 631. The van der Waals surface area contributed by atoms with Gasteiger partial charge in [0.25, 0.3) is 0 Å². The highest BCUT2D eigenvalue weighted by Gasteiger charge is 2.14. The van der Waals surface area contributed by atoms with E-state index in [1.54, 1.807) is 38.5 Å². The smallest absolute Gasteiger partial charge is 0.165 e. The predicted octanol–water partition coefficient (Wildman–Crippen LogP) is 2.90. The van der Waals surface area contributed by atoms with Crippen molar-refractivity contribution in [2.45, 2.75) is 6.04 Å². The molecule has 0 saturated heterocycles. The molecule has 0 heterocycles. The van der Waals surface area contributed by atoms with Crippen LogP contribution in [0.5, 0.6) is 17.2 Å². The van der Waals surface area contributed by atoms with Gasteiger partial charge in [0, 0.05) is 0 Å². The van der Waals surface area contributed by atoms with Crippen LogP contribution in [-0.4, -0.2) is 21.3 Å². The maximum Gasteiger partial charge on any atom is 0.165 e. The van der Waals surface area contributed by atoms with E-state index in [1.807, 2.05) is 6.07 Å². The maximum atomic E-state index is 13.8. The molecule has 1 unspecified atom stereocenters. The first kappa shape index (κ1) is 15.1. The second kappa shape index (κ2) is 6.45. The summed E-state index contributed by atoms with van der Waals surface area (Å²) in [4.78, 5) is 0. The number of methoxy groups -OCH3 is 3. The van der Waals surface area contributed by atoms with Crippen LogP contribution in [0.2, 0.25) is 0 Å². The van der Waals surface area contributed by atoms with Gasteiger partial charge in [-0.25, -0.2) is 4.39 Å². The molecule has 21 heavy (non-hydrogen) atoms. The first-order valence-electron chi connectivity index (χ1n) is 6.41. The number of benzene rings is 2. The van der Waals surface area contributed by atoms with Crippen LogP contribution in [0.1, 0.15) is 17.2 Å². The van der Waals surface area contributed by atoms with Crippen LogP contribution >= 0.6 is 0 Å². The van der Waals surface area contributed by atoms with E-state index in [0.717, 1.165) is 5.56 Å². The van der Waals surface area contributed by atoms with Crippen LogP contribution in [-0.2, 0) is 0 Å². The molecule has 0 fully saturated rings. The number of nitrogens with two attached hydrogens (primary N) is 1. The van der Waals surface area contributed by atoms with Gasteiger partial charge < -0.3 is 19.9 Å². The van der Waals surface area contributed by atoms with Gasteiger partial charge in [-0.2, -0.15) is 0 Å². The van der Waals surface area contributed by atoms with E-state index in [9.17, 15) is 4.39 Å². The summed E-state index contributed by atoms with van der Waals surface area (Å²) in [5.41, 5.74) is 7.64. The molecule has 2 rings (SSSR count). The summed E-state index contributed by atoms with van der Waals surface area (Å²) in [6, 6.07) is 9.59. The van der Waals surface area contributed by atoms with E-state index >= 15 is 0 Å². The Hall–Kier alpha value is -2.27. The van der Waals surface area contributed by atoms with Gasteiger partial charge >= 0.3 is 0 Å². The van der Waals surface area contributed by atoms with Crippen molar-refractivity contribution >= 4 is 0 Å². The SMILES string of the molecule is COc1ccc(C(N)c2ccc(OC)c(OC)c2)cc1F. The first-order valence-corrected chi connectivity index (χ1v) is 6.41. The zero-order valence-corrected chi connectivity index (χ0v) is 12.2. The summed E-state index contributed by atoms with van der Waals surface area (Å²) >= 11 is 0. The van der Waals surface area contributed by atoms with Gasteiger partial charge in [0.05, 0.1) is 27.4 Å². The molecule has 0 aliphatic rings. The lowest BCUT2D eigenvalue weighted by molar-refractivity contribution is 0.354. The number of rotatable bonds is 5. The molecule has 0 spiro atoms. The summed E-state index contributed by atoms with van der Waals surface area (Å²) in [5, 5.41) is 0. The fourth-order valence-electron chi connectivity index (χ4n) is 2.11. The lowest BCUT2D eigenvalue weighted by Gasteiger charge is -2.16. The maximum absolute atomic E-state index is 13.8. The molecule has 4 nitrogen and oxygen atoms in total. The first-order chi connectivity index (χ1) is 10.1. The van der Waals surface area contributed by atoms with Crippen LogP contribution in [0, 0.1) is 5.82 Å². The molecule has 2 N–H and O–H groups in total. The van der Waals surface area contributed by atoms with Crippen molar-refractivity contribution in [3.8, 4) is 17.2 Å². The zero-order chi connectivity index (χ0) is 15.4. The molecule has 112 valence electrons. The summed E-state index contributed by atoms with van der Waals surface area (Å²) < 4.78 is 29.1. The van der Waals surface area contributed by atoms with Crippen molar-refractivity contribution < 1.29 is 18.6 Å². The van der Waals surface area contributed by atoms with Gasteiger partial charge in [0.15, 0.2) is 23.1 Å². The molecular formula is C16H18FNO3. The molecule has 0 aliphatic carbocycles. The molecule has 0 radical (unpaired) electrons. The molecule has 0 saturated carbocycles. The Labute approximate surface area is 123 Å². The number of hydrogen-bond donors (Lipinski definition) is 1. The molecule has 0 aliphatic heterocycles. The van der Waals surface area contributed by atoms with Crippen molar-refractivity contribution in [1.82, 2.24) is 0 Å². The Balaban J connectivity index is 2.35. The monoisotopic (exact) mass is 291 g/mol. The third-order valence-electron chi connectivity index (χ3n) is 3.30. The standard InChI is InChI=1S/C16H18FNO3/c1-19-13-6-4-10(8-12(13)17)16(18)11-5-7-14(20-2)15(9-11)21-3/h4-9,16H,18H2,1-3H3. The average molecular weight is 291 g/mol. The topological polar surface area (TPSA) is 53.7 Å². The molecular weight excluding hydrogens is 273 g/mol. The summed E-state index contributed by atoms with van der Waals surface area (Å²) in [7, 11) is 4.54. The molecule has 1 atom stereocenters. The molecule has 0 bridgehead atoms. The summed E-state index contributed by atoms with van der Waals surface area (Å²) in [5.74, 6) is 0.956. The lowest BCUT2D eigenvalue weighted by atomic mass is 9.99. The quantitative estimate of drug-likeness (QED) is 0.920. The average Bonchev–Trinajstić information content (AvgIpc) is 2.53. The van der Waals surface area contributed by atoms with Gasteiger partial charge in [-0.15, -0.1) is 0 Å². The van der Waals surface area contributed by atoms with Crippen molar-refractivity contribution in [2.24, 2.45) is 5.73 Å². The van der Waals surface area contributed by atoms with Crippen molar-refractivity contribution in [1.29, 1.82) is 0 Å². The fourth-order valence-corrected chi connectivity index (χ4v) is 2.11. The van der Waals surface area contributed by atoms with Crippen LogP contribution in [0.3, 0.4) is 0 Å². The Morgan fingerprint density at radius 3 is 1.86 bits per heavy atom. The third-order valence-corrected chi connectivity index (χ3v) is 3.30. The molecule has 2 aromatic rings. The highest BCUT2D eigenvalue weighted by molar-refractivity contribution is 5.46. The van der Waals surface area contributed by atoms with Gasteiger partial charge in [0.1, 0.15) is 0 Å². The largest absolute Gasteiger partial charge is 0.494 e. The van der Waals surface area contributed by atoms with E-state index < -0.39 is 11.9 Å². The highest BCUT2D eigenvalue weighted by atomic mass is 19.1. The summed E-state index contributed by atoms with van der Waals surface area (Å²) in [6.45, 7) is 0. The molecule has 0 aromatic heterocycles. The fraction of sp³-hybridized carbons (Fsp3) is 0.250. The minimum absolute atomic E-state index is 0.193. The van der Waals surface area contributed by atoms with Crippen molar-refractivity contribution in [3.63, 3.8) is 0 Å². The minimum Gasteiger partial charge on any atom is -0.494 e. The normalized spacial score (nSPS) is 11.9.